The molecule has 0 saturated carbocycles. The van der Waals surface area contributed by atoms with E-state index in [1.807, 2.05) is 13.8 Å². The van der Waals surface area contributed by atoms with Crippen molar-refractivity contribution in [1.82, 2.24) is 10.6 Å². The minimum Gasteiger partial charge on any atom is -0.494 e. The number of hydrogen-bond acceptors (Lipinski definition) is 9. The number of aromatic nitrogens is 1. The van der Waals surface area contributed by atoms with Gasteiger partial charge >= 0.3 is 5.97 Å². The predicted molar refractivity (Wildman–Crippen MR) is 110 cm³/mol. The summed E-state index contributed by atoms with van der Waals surface area (Å²) in [5, 5.41) is -0.293. The standard InChI is InChI=1S/C18H18N4O5S2/c1-3-26-13-8-9-14-15(10-13)28-18(19-14)20-29(24,25)16-17(23)27-21-22(16)12-6-4-11(2)5-7-12/h4-10,16,21H,3H2,1-2H3,(H,19,20). The maximum absolute atomic E-state index is 13.0. The Morgan fingerprint density at radius 1 is 1.28 bits per heavy atom. The maximum Gasteiger partial charge on any atom is 0.368 e. The molecular weight excluding hydrogens is 416 g/mol. The highest BCUT2D eigenvalue weighted by molar-refractivity contribution is 7.94. The molecule has 1 aromatic heterocycles. The number of rotatable bonds is 6. The van der Waals surface area contributed by atoms with Gasteiger partial charge in [-0.25, -0.2) is 23.2 Å². The Bertz CT molecular complexity index is 1160. The first-order chi connectivity index (χ1) is 13.9. The molecule has 0 amide bonds. The van der Waals surface area contributed by atoms with Gasteiger partial charge in [0.25, 0.3) is 15.4 Å². The molecule has 1 aliphatic rings. The number of fused-ring (bicyclic) bond motifs is 1. The number of aryl methyl sites for hydroxylation is 1. The number of thiazole rings is 1. The van der Waals surface area contributed by atoms with E-state index in [9.17, 15) is 13.2 Å². The van der Waals surface area contributed by atoms with Crippen LogP contribution in [-0.4, -0.2) is 31.4 Å². The summed E-state index contributed by atoms with van der Waals surface area (Å²) in [6.45, 7) is 4.31. The van der Waals surface area contributed by atoms with Crippen molar-refractivity contribution >= 4 is 48.4 Å². The molecule has 1 unspecified atom stereocenters. The van der Waals surface area contributed by atoms with Crippen LogP contribution in [0.25, 0.3) is 10.2 Å². The van der Waals surface area contributed by atoms with Crippen molar-refractivity contribution in [3.05, 3.63) is 48.0 Å². The highest BCUT2D eigenvalue weighted by Gasteiger charge is 2.46. The van der Waals surface area contributed by atoms with E-state index >= 15 is 0 Å². The largest absolute Gasteiger partial charge is 0.494 e. The topological polar surface area (TPSA) is 110 Å². The Kier molecular flexibility index (Phi) is 5.03. The summed E-state index contributed by atoms with van der Waals surface area (Å²) in [6.07, 6.45) is 0. The third-order valence-electron chi connectivity index (χ3n) is 4.19. The van der Waals surface area contributed by atoms with Crippen molar-refractivity contribution in [2.24, 2.45) is 0 Å². The van der Waals surface area contributed by atoms with E-state index in [2.05, 4.69) is 15.3 Å². The second-order valence-electron chi connectivity index (χ2n) is 6.30. The number of anilines is 2. The van der Waals surface area contributed by atoms with E-state index in [0.29, 0.717) is 23.6 Å². The van der Waals surface area contributed by atoms with Crippen LogP contribution in [0.5, 0.6) is 5.75 Å². The van der Waals surface area contributed by atoms with Crippen LogP contribution in [0.2, 0.25) is 0 Å². The van der Waals surface area contributed by atoms with E-state index in [4.69, 9.17) is 9.57 Å². The maximum atomic E-state index is 13.0. The lowest BCUT2D eigenvalue weighted by Crippen LogP contribution is -2.46. The average molecular weight is 434 g/mol. The second kappa shape index (κ2) is 7.50. The molecule has 0 radical (unpaired) electrons. The van der Waals surface area contributed by atoms with Gasteiger partial charge in [-0.2, -0.15) is 0 Å². The third kappa shape index (κ3) is 3.84. The normalized spacial score (nSPS) is 16.8. The van der Waals surface area contributed by atoms with Crippen LogP contribution in [0.1, 0.15) is 12.5 Å². The van der Waals surface area contributed by atoms with Crippen LogP contribution in [-0.2, 0) is 19.7 Å². The number of carbonyl (C=O) groups is 1. The lowest BCUT2D eigenvalue weighted by molar-refractivity contribution is -0.142. The number of ether oxygens (including phenoxy) is 1. The number of hydrazine groups is 1. The molecule has 1 aliphatic heterocycles. The minimum atomic E-state index is -4.18. The monoisotopic (exact) mass is 434 g/mol. The molecule has 2 heterocycles. The minimum absolute atomic E-state index is 0.150. The molecule has 152 valence electrons. The summed E-state index contributed by atoms with van der Waals surface area (Å²) in [4.78, 5) is 21.2. The summed E-state index contributed by atoms with van der Waals surface area (Å²) >= 11 is 1.15. The molecule has 2 aromatic carbocycles. The molecular formula is C18H18N4O5S2. The van der Waals surface area contributed by atoms with Crippen LogP contribution >= 0.6 is 11.3 Å². The zero-order chi connectivity index (χ0) is 20.6. The molecule has 1 saturated heterocycles. The molecule has 0 aliphatic carbocycles. The van der Waals surface area contributed by atoms with Crippen molar-refractivity contribution in [3.8, 4) is 5.75 Å². The van der Waals surface area contributed by atoms with Gasteiger partial charge in [0.1, 0.15) is 5.75 Å². The molecule has 1 fully saturated rings. The number of nitrogens with zero attached hydrogens (tertiary/aromatic N) is 2. The number of hydrogen-bond donors (Lipinski definition) is 2. The van der Waals surface area contributed by atoms with Gasteiger partial charge in [0.2, 0.25) is 0 Å². The Hall–Kier alpha value is -2.89. The summed E-state index contributed by atoms with van der Waals surface area (Å²) < 4.78 is 34.5. The zero-order valence-corrected chi connectivity index (χ0v) is 17.2. The first-order valence-corrected chi connectivity index (χ1v) is 11.1. The quantitative estimate of drug-likeness (QED) is 0.609. The smallest absolute Gasteiger partial charge is 0.368 e. The highest BCUT2D eigenvalue weighted by atomic mass is 32.2. The van der Waals surface area contributed by atoms with Gasteiger partial charge in [-0.15, -0.1) is 0 Å². The van der Waals surface area contributed by atoms with Gasteiger partial charge in [0.05, 0.1) is 22.5 Å². The number of nitrogens with one attached hydrogen (secondary N) is 2. The summed E-state index contributed by atoms with van der Waals surface area (Å²) in [7, 11) is -4.18. The first kappa shape index (κ1) is 19.4. The molecule has 3 aromatic rings. The Labute approximate surface area is 171 Å². The van der Waals surface area contributed by atoms with E-state index in [0.717, 1.165) is 26.6 Å². The molecule has 9 nitrogen and oxygen atoms in total. The van der Waals surface area contributed by atoms with Gasteiger partial charge in [-0.3, -0.25) is 4.72 Å². The van der Waals surface area contributed by atoms with Crippen molar-refractivity contribution in [2.45, 2.75) is 19.2 Å². The van der Waals surface area contributed by atoms with Crippen LogP contribution in [0.15, 0.2) is 42.5 Å². The van der Waals surface area contributed by atoms with E-state index in [1.165, 1.54) is 0 Å². The fourth-order valence-corrected chi connectivity index (χ4v) is 5.24. The van der Waals surface area contributed by atoms with Crippen molar-refractivity contribution in [2.75, 3.05) is 16.3 Å². The van der Waals surface area contributed by atoms with Gasteiger partial charge in [0, 0.05) is 0 Å². The molecule has 0 bridgehead atoms. The Morgan fingerprint density at radius 3 is 2.76 bits per heavy atom. The van der Waals surface area contributed by atoms with E-state index in [1.54, 1.807) is 42.5 Å². The molecule has 4 rings (SSSR count). The van der Waals surface area contributed by atoms with Crippen LogP contribution in [0, 0.1) is 6.92 Å². The number of sulfonamides is 1. The highest BCUT2D eigenvalue weighted by Crippen LogP contribution is 2.31. The van der Waals surface area contributed by atoms with Crippen molar-refractivity contribution in [1.29, 1.82) is 0 Å². The molecule has 0 spiro atoms. The molecule has 29 heavy (non-hydrogen) atoms. The average Bonchev–Trinajstić information content (AvgIpc) is 3.25. The lowest BCUT2D eigenvalue weighted by atomic mass is 10.2. The summed E-state index contributed by atoms with van der Waals surface area (Å²) in [5.41, 5.74) is 4.46. The lowest BCUT2D eigenvalue weighted by Gasteiger charge is -2.21. The van der Waals surface area contributed by atoms with Crippen LogP contribution < -0.4 is 20.1 Å². The fourth-order valence-electron chi connectivity index (χ4n) is 2.84. The van der Waals surface area contributed by atoms with Gasteiger partial charge in [0.15, 0.2) is 5.13 Å². The second-order valence-corrected chi connectivity index (χ2v) is 9.07. The summed E-state index contributed by atoms with van der Waals surface area (Å²) in [5.74, 6) is -0.259. The van der Waals surface area contributed by atoms with Crippen molar-refractivity contribution in [3.63, 3.8) is 0 Å². The van der Waals surface area contributed by atoms with E-state index < -0.39 is 21.4 Å². The number of benzene rings is 2. The van der Waals surface area contributed by atoms with Crippen LogP contribution in [0.3, 0.4) is 0 Å². The van der Waals surface area contributed by atoms with Crippen molar-refractivity contribution < 1.29 is 22.8 Å². The number of carbonyl (C=O) groups excluding carboxylic acids is 1. The summed E-state index contributed by atoms with van der Waals surface area (Å²) in [6, 6.07) is 12.3. The Balaban J connectivity index is 1.62. The first-order valence-electron chi connectivity index (χ1n) is 8.74. The predicted octanol–water partition coefficient (Wildman–Crippen LogP) is 2.55. The molecule has 1 atom stereocenters. The van der Waals surface area contributed by atoms with Crippen LogP contribution in [0.4, 0.5) is 10.8 Å². The third-order valence-corrected chi connectivity index (χ3v) is 6.72. The zero-order valence-electron chi connectivity index (χ0n) is 15.6. The molecule has 2 N–H and O–H groups in total. The SMILES string of the molecule is CCOc1ccc2nc(NS(=O)(=O)C3C(=O)ONN3c3ccc(C)cc3)sc2c1. The van der Waals surface area contributed by atoms with Gasteiger partial charge in [-0.1, -0.05) is 34.6 Å². The van der Waals surface area contributed by atoms with Gasteiger partial charge < -0.3 is 9.57 Å². The Morgan fingerprint density at radius 2 is 2.03 bits per heavy atom. The van der Waals surface area contributed by atoms with E-state index in [-0.39, 0.29) is 5.13 Å². The van der Waals surface area contributed by atoms with Gasteiger partial charge in [-0.05, 0) is 44.2 Å². The molecule has 11 heteroatoms. The fraction of sp³-hybridized carbons (Fsp3) is 0.222.